The van der Waals surface area contributed by atoms with Crippen molar-refractivity contribution in [3.05, 3.63) is 114 Å². The fraction of sp³-hybridized carbons (Fsp3) is 0.483. The average Bonchev–Trinajstić information content (AvgIpc) is 4.37. The lowest BCUT2D eigenvalue weighted by atomic mass is 9.84. The molecule has 0 saturated carbocycles. The quantitative estimate of drug-likeness (QED) is 0.0253. The van der Waals surface area contributed by atoms with Gasteiger partial charge in [-0.25, -0.2) is 32.8 Å². The molecule has 0 aliphatic carbocycles. The number of aromatic nitrogens is 3. The van der Waals surface area contributed by atoms with Gasteiger partial charge >= 0.3 is 18.2 Å². The number of carbonyl (C=O) groups is 8. The second-order valence-corrected chi connectivity index (χ2v) is 21.8. The van der Waals surface area contributed by atoms with Crippen LogP contribution in [0.25, 0.3) is 11.4 Å². The van der Waals surface area contributed by atoms with Crippen molar-refractivity contribution in [1.82, 2.24) is 50.7 Å². The highest BCUT2D eigenvalue weighted by Crippen LogP contribution is 2.40. The maximum Gasteiger partial charge on any atom is 0.407 e. The highest BCUT2D eigenvalue weighted by Gasteiger charge is 2.42. The number of rotatable bonds is 28. The molecule has 4 aromatic rings. The number of hydrogen-bond acceptors (Lipinski definition) is 12. The summed E-state index contributed by atoms with van der Waals surface area (Å²) >= 11 is 0. The van der Waals surface area contributed by atoms with E-state index in [1.54, 1.807) is 52.6 Å². The number of halogens is 2. The zero-order valence-corrected chi connectivity index (χ0v) is 47.1. The van der Waals surface area contributed by atoms with Crippen molar-refractivity contribution >= 4 is 53.4 Å². The van der Waals surface area contributed by atoms with Crippen LogP contribution in [0, 0.1) is 23.0 Å². The van der Waals surface area contributed by atoms with Crippen LogP contribution in [-0.2, 0) is 41.9 Å². The predicted molar refractivity (Wildman–Crippen MR) is 300 cm³/mol. The first-order chi connectivity index (χ1) is 39.1. The van der Waals surface area contributed by atoms with Crippen molar-refractivity contribution in [3.63, 3.8) is 0 Å². The Morgan fingerprint density at radius 2 is 1.56 bits per heavy atom. The second kappa shape index (κ2) is 30.0. The topological polar surface area (TPSA) is 293 Å². The van der Waals surface area contributed by atoms with Gasteiger partial charge in [0.05, 0.1) is 30.8 Å². The van der Waals surface area contributed by atoms with E-state index in [4.69, 9.17) is 20.6 Å². The van der Waals surface area contributed by atoms with Gasteiger partial charge in [0.15, 0.2) is 11.6 Å². The number of nitrogens with two attached hydrogens (primary N) is 1. The van der Waals surface area contributed by atoms with E-state index >= 15 is 4.39 Å². The number of aliphatic hydroxyl groups excluding tert-OH is 1. The molecule has 1 fully saturated rings. The number of urea groups is 2. The third-order valence-electron chi connectivity index (χ3n) is 14.0. The summed E-state index contributed by atoms with van der Waals surface area (Å²) in [5.74, 6) is -3.78. The number of nitrogens with one attached hydrogen (secondary N) is 5. The third-order valence-corrected chi connectivity index (χ3v) is 14.0. The van der Waals surface area contributed by atoms with Crippen molar-refractivity contribution in [1.29, 1.82) is 0 Å². The van der Waals surface area contributed by atoms with Crippen LogP contribution in [0.2, 0.25) is 0 Å². The van der Waals surface area contributed by atoms with E-state index < -0.39 is 65.2 Å². The number of nitrogens with zero attached hydrogens (tertiary/aromatic N) is 6. The Hall–Kier alpha value is -8.28. The molecular weight excluding hydrogens is 1060 g/mol. The number of amides is 10. The lowest BCUT2D eigenvalue weighted by Gasteiger charge is -2.42. The molecule has 10 amide bonds. The van der Waals surface area contributed by atoms with Crippen molar-refractivity contribution in [2.24, 2.45) is 17.1 Å². The van der Waals surface area contributed by atoms with Crippen molar-refractivity contribution in [2.45, 2.75) is 130 Å². The van der Waals surface area contributed by atoms with E-state index in [-0.39, 0.29) is 113 Å². The minimum Gasteiger partial charge on any atom is -0.445 e. The second-order valence-electron chi connectivity index (χ2n) is 21.8. The molecule has 2 aliphatic heterocycles. The number of likely N-dealkylation sites (tertiary alicyclic amines) is 1. The zero-order chi connectivity index (χ0) is 59.5. The first kappa shape index (κ1) is 62.9. The van der Waals surface area contributed by atoms with Gasteiger partial charge in [-0.15, -0.1) is 0 Å². The van der Waals surface area contributed by atoms with E-state index in [1.807, 2.05) is 51.1 Å². The average molecular weight is 1140 g/mol. The van der Waals surface area contributed by atoms with E-state index in [2.05, 4.69) is 26.6 Å². The molecule has 82 heavy (non-hydrogen) atoms. The molecule has 8 N–H and O–H groups in total. The van der Waals surface area contributed by atoms with Gasteiger partial charge in [-0.2, -0.15) is 5.10 Å². The number of carbonyl (C=O) groups excluding carboxylic acids is 8. The van der Waals surface area contributed by atoms with Gasteiger partial charge in [-0.1, -0.05) is 83.5 Å². The minimum absolute atomic E-state index is 0.0598. The molecule has 1 saturated heterocycles. The monoisotopic (exact) mass is 1140 g/mol. The molecule has 1 aromatic heterocycles. The molecule has 3 aromatic carbocycles. The zero-order valence-electron chi connectivity index (χ0n) is 47.1. The lowest BCUT2D eigenvalue weighted by molar-refractivity contribution is -0.137. The fourth-order valence-electron chi connectivity index (χ4n) is 9.75. The summed E-state index contributed by atoms with van der Waals surface area (Å²) in [6, 6.07) is 14.5. The van der Waals surface area contributed by atoms with Gasteiger partial charge in [0.1, 0.15) is 30.3 Å². The van der Waals surface area contributed by atoms with E-state index in [9.17, 15) is 47.9 Å². The van der Waals surface area contributed by atoms with Crippen molar-refractivity contribution in [2.75, 3.05) is 44.6 Å². The van der Waals surface area contributed by atoms with Crippen LogP contribution in [0.1, 0.15) is 115 Å². The van der Waals surface area contributed by atoms with Crippen LogP contribution in [-0.4, -0.2) is 140 Å². The van der Waals surface area contributed by atoms with E-state index in [0.717, 1.165) is 28.7 Å². The minimum atomic E-state index is -1.09. The largest absolute Gasteiger partial charge is 0.445 e. The Morgan fingerprint density at radius 3 is 2.23 bits per heavy atom. The molecule has 4 atom stereocenters. The molecule has 442 valence electrons. The highest BCUT2D eigenvalue weighted by molar-refractivity contribution is 6.12. The molecule has 6 rings (SSSR count). The van der Waals surface area contributed by atoms with Gasteiger partial charge in [0, 0.05) is 57.0 Å². The Balaban J connectivity index is 1.06. The summed E-state index contributed by atoms with van der Waals surface area (Å²) in [5.41, 5.74) is 6.14. The Morgan fingerprint density at radius 1 is 0.854 bits per heavy atom. The number of ether oxygens (including phenoxy) is 1. The fourth-order valence-corrected chi connectivity index (χ4v) is 9.75. The Kier molecular flexibility index (Phi) is 23.0. The van der Waals surface area contributed by atoms with Crippen molar-refractivity contribution < 1.29 is 57.0 Å². The summed E-state index contributed by atoms with van der Waals surface area (Å²) in [6.45, 7) is 10.1. The maximum absolute atomic E-state index is 15.3. The van der Waals surface area contributed by atoms with Crippen LogP contribution in [0.4, 0.5) is 28.9 Å². The van der Waals surface area contributed by atoms with Crippen LogP contribution in [0.15, 0.2) is 84.9 Å². The number of aliphatic hydroxyl groups is 1. The van der Waals surface area contributed by atoms with Gasteiger partial charge < -0.3 is 52.0 Å². The predicted octanol–water partition coefficient (Wildman–Crippen LogP) is 6.05. The summed E-state index contributed by atoms with van der Waals surface area (Å²) < 4.78 is 37.0. The Labute approximate surface area is 475 Å². The smallest absolute Gasteiger partial charge is 0.407 e. The molecule has 0 spiro atoms. The number of benzene rings is 3. The number of hydrogen-bond donors (Lipinski definition) is 7. The SMILES string of the molecule is CC(C)C(NC(=O)CCCCCN1C(=O)C=CC1=O)C(=O)NC(CCCNC(N)=O)C(=O)Nc1ccc(COC(=O)NCCCN(C(=O)N2CCCC2CO)C(c2nc(-c3cc(F)ccc3F)nn2Cc2ccccc2)C(C)(C)C)cc1. The molecule has 2 aliphatic rings. The molecule has 0 bridgehead atoms. The maximum atomic E-state index is 15.3. The van der Waals surface area contributed by atoms with Crippen LogP contribution in [0.3, 0.4) is 0 Å². The Bertz CT molecular complexity index is 2880. The van der Waals surface area contributed by atoms with Crippen LogP contribution >= 0.6 is 0 Å². The van der Waals surface area contributed by atoms with E-state index in [0.29, 0.717) is 55.7 Å². The number of anilines is 1. The normalized spacial score (nSPS) is 15.3. The molecule has 3 heterocycles. The van der Waals surface area contributed by atoms with Crippen molar-refractivity contribution in [3.8, 4) is 11.4 Å². The standard InChI is InChI=1S/C58H76F2N12O10/c1-37(2)49(66-46(74)19-10-7-11-30-70-47(75)26-27-48(70)76)54(78)65-45(18-12-28-62-55(61)79)53(77)64-41-23-20-39(21-24-41)36-82-56(80)63-29-14-32-71(57(81)69-31-13-17-42(69)35-73)50(58(3,4)5)52-67-51(43-33-40(59)22-25-44(43)60)68-72(52)34-38-15-8-6-9-16-38/h6,8-9,15-16,20-27,33,37,42,45,49-50,73H,7,10-14,17-19,28-32,34-36H2,1-5H3,(H,63,80)(H,64,77)(H,65,78)(H,66,74)(H3,61,62,79). The van der Waals surface area contributed by atoms with Gasteiger partial charge in [0.25, 0.3) is 11.8 Å². The first-order valence-corrected chi connectivity index (χ1v) is 27.7. The van der Waals surface area contributed by atoms with E-state index in [1.165, 1.54) is 12.2 Å². The molecule has 22 nitrogen and oxygen atoms in total. The summed E-state index contributed by atoms with van der Waals surface area (Å²) in [6.07, 6.45) is 5.22. The summed E-state index contributed by atoms with van der Waals surface area (Å²) in [4.78, 5) is 112. The highest BCUT2D eigenvalue weighted by atomic mass is 19.1. The van der Waals surface area contributed by atoms with Crippen LogP contribution in [0.5, 0.6) is 0 Å². The summed E-state index contributed by atoms with van der Waals surface area (Å²) in [7, 11) is 0. The molecule has 24 heteroatoms. The van der Waals surface area contributed by atoms with Crippen LogP contribution < -0.4 is 32.3 Å². The number of imide groups is 1. The lowest BCUT2D eigenvalue weighted by Crippen LogP contribution is -2.54. The summed E-state index contributed by atoms with van der Waals surface area (Å²) in [5, 5.41) is 28.5. The first-order valence-electron chi connectivity index (χ1n) is 27.7. The third kappa shape index (κ3) is 18.1. The number of alkyl carbamates (subject to hydrolysis) is 1. The van der Waals surface area contributed by atoms with Gasteiger partial charge in [-0.05, 0) is 97.7 Å². The molecular formula is C58H76F2N12O10. The molecule has 0 radical (unpaired) electrons. The van der Waals surface area contributed by atoms with Gasteiger partial charge in [-0.3, -0.25) is 28.9 Å². The number of unbranched alkanes of at least 4 members (excludes halogenated alkanes) is 2. The van der Waals surface area contributed by atoms with Gasteiger partial charge in [0.2, 0.25) is 17.7 Å². The molecule has 4 unspecified atom stereocenters. The number of primary amides is 1.